The molecule has 2 aromatic rings. The Bertz CT molecular complexity index is 635. The van der Waals surface area contributed by atoms with Crippen LogP contribution in [0.25, 0.3) is 10.9 Å². The van der Waals surface area contributed by atoms with Gasteiger partial charge in [-0.25, -0.2) is 13.1 Å². The van der Waals surface area contributed by atoms with Crippen LogP contribution in [0.2, 0.25) is 0 Å². The second-order valence-electron chi connectivity index (χ2n) is 3.83. The molecule has 2 N–H and O–H groups in total. The summed E-state index contributed by atoms with van der Waals surface area (Å²) < 4.78 is 26.9. The van der Waals surface area contributed by atoms with Gasteiger partial charge in [0, 0.05) is 24.7 Å². The lowest BCUT2D eigenvalue weighted by molar-refractivity contribution is 0.580. The van der Waals surface area contributed by atoms with Gasteiger partial charge in [0.2, 0.25) is 10.0 Å². The highest BCUT2D eigenvalue weighted by atomic mass is 32.2. The normalized spacial score (nSPS) is 11.8. The Morgan fingerprint density at radius 1 is 1.17 bits per heavy atom. The average Bonchev–Trinajstić information content (AvgIpc) is 2.38. The van der Waals surface area contributed by atoms with Gasteiger partial charge in [0.05, 0.1) is 10.4 Å². The Morgan fingerprint density at radius 3 is 2.78 bits per heavy atom. The molecule has 0 aliphatic heterocycles. The van der Waals surface area contributed by atoms with E-state index in [2.05, 4.69) is 15.0 Å². The van der Waals surface area contributed by atoms with E-state index in [0.29, 0.717) is 24.0 Å². The summed E-state index contributed by atoms with van der Waals surface area (Å²) in [5.74, 6) is 0. The summed E-state index contributed by atoms with van der Waals surface area (Å²) in [5.41, 5.74) is 0.675. The van der Waals surface area contributed by atoms with Gasteiger partial charge >= 0.3 is 0 Å². The number of hydrogen-bond donors (Lipinski definition) is 2. The molecule has 2 rings (SSSR count). The molecule has 0 bridgehead atoms. The number of benzene rings is 1. The van der Waals surface area contributed by atoms with Crippen LogP contribution in [0.3, 0.4) is 0 Å². The molecule has 0 aliphatic carbocycles. The molecule has 1 aromatic heterocycles. The predicted molar refractivity (Wildman–Crippen MR) is 70.9 cm³/mol. The summed E-state index contributed by atoms with van der Waals surface area (Å²) in [6, 6.07) is 8.57. The summed E-state index contributed by atoms with van der Waals surface area (Å²) in [5, 5.41) is 3.53. The maximum Gasteiger partial charge on any atom is 0.241 e. The Morgan fingerprint density at radius 2 is 2.00 bits per heavy atom. The summed E-state index contributed by atoms with van der Waals surface area (Å²) in [4.78, 5) is 4.42. The van der Waals surface area contributed by atoms with Crippen LogP contribution < -0.4 is 10.0 Å². The molecule has 1 heterocycles. The van der Waals surface area contributed by atoms with E-state index in [1.54, 1.807) is 43.6 Å². The zero-order valence-electron chi connectivity index (χ0n) is 10.1. The third-order valence-corrected chi connectivity index (χ3v) is 4.08. The summed E-state index contributed by atoms with van der Waals surface area (Å²) in [6.07, 6.45) is 1.65. The highest BCUT2D eigenvalue weighted by molar-refractivity contribution is 7.89. The van der Waals surface area contributed by atoms with Gasteiger partial charge in [-0.2, -0.15) is 0 Å². The average molecular weight is 265 g/mol. The van der Waals surface area contributed by atoms with Gasteiger partial charge in [-0.05, 0) is 31.3 Å². The molecule has 0 saturated carbocycles. The third kappa shape index (κ3) is 2.66. The highest BCUT2D eigenvalue weighted by Crippen LogP contribution is 2.20. The first-order valence-electron chi connectivity index (χ1n) is 5.63. The van der Waals surface area contributed by atoms with E-state index >= 15 is 0 Å². The highest BCUT2D eigenvalue weighted by Gasteiger charge is 2.16. The van der Waals surface area contributed by atoms with E-state index in [-0.39, 0.29) is 4.90 Å². The number of aromatic nitrogens is 1. The van der Waals surface area contributed by atoms with Crippen molar-refractivity contribution in [3.8, 4) is 0 Å². The standard InChI is InChI=1S/C12H15N3O2S/c1-13-8-9-15-18(16,17)12-6-2-5-11-10(12)4-3-7-14-11/h2-7,13,15H,8-9H2,1H3. The largest absolute Gasteiger partial charge is 0.318 e. The molecule has 6 heteroatoms. The second-order valence-corrected chi connectivity index (χ2v) is 5.56. The zero-order valence-corrected chi connectivity index (χ0v) is 10.9. The number of pyridine rings is 1. The molecule has 18 heavy (non-hydrogen) atoms. The number of likely N-dealkylation sites (N-methyl/N-ethyl adjacent to an activating group) is 1. The van der Waals surface area contributed by atoms with Gasteiger partial charge < -0.3 is 5.32 Å². The minimum atomic E-state index is -3.49. The summed E-state index contributed by atoms with van der Waals surface area (Å²) in [6.45, 7) is 0.942. The molecule has 0 amide bonds. The first-order valence-corrected chi connectivity index (χ1v) is 7.11. The summed E-state index contributed by atoms with van der Waals surface area (Å²) >= 11 is 0. The van der Waals surface area contributed by atoms with Crippen LogP contribution >= 0.6 is 0 Å². The Hall–Kier alpha value is -1.50. The molecule has 0 atom stereocenters. The number of sulfonamides is 1. The summed E-state index contributed by atoms with van der Waals surface area (Å²) in [7, 11) is -1.72. The van der Waals surface area contributed by atoms with E-state index in [9.17, 15) is 8.42 Å². The molecular weight excluding hydrogens is 250 g/mol. The van der Waals surface area contributed by atoms with E-state index in [1.807, 2.05) is 0 Å². The van der Waals surface area contributed by atoms with Crippen molar-refractivity contribution in [2.75, 3.05) is 20.1 Å². The number of rotatable bonds is 5. The zero-order chi connectivity index (χ0) is 13.0. The molecule has 0 saturated heterocycles. The Balaban J connectivity index is 2.41. The van der Waals surface area contributed by atoms with Crippen LogP contribution in [0.5, 0.6) is 0 Å². The second kappa shape index (κ2) is 5.43. The minimum Gasteiger partial charge on any atom is -0.318 e. The van der Waals surface area contributed by atoms with Crippen LogP contribution in [0.1, 0.15) is 0 Å². The Kier molecular flexibility index (Phi) is 3.90. The first-order chi connectivity index (χ1) is 8.65. The molecule has 0 unspecified atom stereocenters. The van der Waals surface area contributed by atoms with Gasteiger partial charge in [0.1, 0.15) is 0 Å². The van der Waals surface area contributed by atoms with Gasteiger partial charge in [-0.15, -0.1) is 0 Å². The number of fused-ring (bicyclic) bond motifs is 1. The minimum absolute atomic E-state index is 0.268. The molecule has 0 fully saturated rings. The molecule has 5 nitrogen and oxygen atoms in total. The van der Waals surface area contributed by atoms with Gasteiger partial charge in [-0.3, -0.25) is 4.98 Å². The lowest BCUT2D eigenvalue weighted by atomic mass is 10.2. The van der Waals surface area contributed by atoms with Gasteiger partial charge in [0.25, 0.3) is 0 Å². The van der Waals surface area contributed by atoms with Crippen LogP contribution in [0, 0.1) is 0 Å². The maximum atomic E-state index is 12.2. The van der Waals surface area contributed by atoms with E-state index in [4.69, 9.17) is 0 Å². The van der Waals surface area contributed by atoms with Gasteiger partial charge in [0.15, 0.2) is 0 Å². The van der Waals surface area contributed by atoms with E-state index in [0.717, 1.165) is 0 Å². The lowest BCUT2D eigenvalue weighted by Crippen LogP contribution is -2.30. The lowest BCUT2D eigenvalue weighted by Gasteiger charge is -2.08. The molecule has 0 aliphatic rings. The van der Waals surface area contributed by atoms with Crippen molar-refractivity contribution in [3.05, 3.63) is 36.5 Å². The van der Waals surface area contributed by atoms with Crippen molar-refractivity contribution >= 4 is 20.9 Å². The van der Waals surface area contributed by atoms with Crippen molar-refractivity contribution in [2.45, 2.75) is 4.90 Å². The van der Waals surface area contributed by atoms with Gasteiger partial charge in [-0.1, -0.05) is 6.07 Å². The topological polar surface area (TPSA) is 71.1 Å². The molecular formula is C12H15N3O2S. The van der Waals surface area contributed by atoms with Crippen LogP contribution in [-0.4, -0.2) is 33.5 Å². The van der Waals surface area contributed by atoms with Crippen molar-refractivity contribution in [1.82, 2.24) is 15.0 Å². The monoisotopic (exact) mass is 265 g/mol. The molecule has 96 valence electrons. The van der Waals surface area contributed by atoms with E-state index in [1.165, 1.54) is 0 Å². The quantitative estimate of drug-likeness (QED) is 0.782. The van der Waals surface area contributed by atoms with Crippen LogP contribution in [0.4, 0.5) is 0 Å². The number of nitrogens with one attached hydrogen (secondary N) is 2. The molecule has 0 spiro atoms. The SMILES string of the molecule is CNCCNS(=O)(=O)c1cccc2ncccc12. The van der Waals surface area contributed by atoms with Crippen LogP contribution in [-0.2, 0) is 10.0 Å². The fourth-order valence-electron chi connectivity index (χ4n) is 1.70. The predicted octanol–water partition coefficient (Wildman–Crippen LogP) is 0.732. The van der Waals surface area contributed by atoms with Crippen molar-refractivity contribution < 1.29 is 8.42 Å². The smallest absolute Gasteiger partial charge is 0.241 e. The van der Waals surface area contributed by atoms with Crippen molar-refractivity contribution in [1.29, 1.82) is 0 Å². The van der Waals surface area contributed by atoms with Crippen molar-refractivity contribution in [3.63, 3.8) is 0 Å². The number of hydrogen-bond acceptors (Lipinski definition) is 4. The third-order valence-electron chi connectivity index (χ3n) is 2.56. The molecule has 0 radical (unpaired) electrons. The molecule has 1 aromatic carbocycles. The van der Waals surface area contributed by atoms with Crippen LogP contribution in [0.15, 0.2) is 41.4 Å². The Labute approximate surface area is 106 Å². The number of nitrogens with zero attached hydrogens (tertiary/aromatic N) is 1. The fraction of sp³-hybridized carbons (Fsp3) is 0.250. The fourth-order valence-corrected chi connectivity index (χ4v) is 2.94. The van der Waals surface area contributed by atoms with E-state index < -0.39 is 10.0 Å². The maximum absolute atomic E-state index is 12.2. The first kappa shape index (κ1) is 12.9. The van der Waals surface area contributed by atoms with Crippen molar-refractivity contribution in [2.24, 2.45) is 0 Å².